The molecule has 3 saturated carbocycles. The molecule has 1 aromatic carbocycles. The minimum Gasteiger partial charge on any atom is -0.502 e. The van der Waals surface area contributed by atoms with Gasteiger partial charge in [0.15, 0.2) is 18.1 Å². The number of nitro benzene ring substituents is 1. The number of benzene rings is 1. The van der Waals surface area contributed by atoms with Gasteiger partial charge in [-0.1, -0.05) is 31.6 Å². The maximum atomic E-state index is 13.5. The number of aliphatic hydroxyl groups is 2. The lowest BCUT2D eigenvalue weighted by molar-refractivity contribution is -0.385. The van der Waals surface area contributed by atoms with Crippen LogP contribution in [0.2, 0.25) is 0 Å². The number of aliphatic hydroxyl groups excluding tert-OH is 1. The Morgan fingerprint density at radius 1 is 1.16 bits per heavy atom. The van der Waals surface area contributed by atoms with E-state index in [1.807, 2.05) is 19.9 Å². The molecule has 0 saturated heterocycles. The molecule has 0 aromatic heterocycles. The Hall–Kier alpha value is -4.43. The standard InChI is InChI=1S/C35H42N2O12/c1-33-12-10-21(38)16-20(33)5-6-22-23-11-13-35(45,34(23,2)17-27(40)31(22)33)28(41)18-49-30(43)9-8-29(42)36-24(32(44)48-3)14-19-4-7-26(39)25(15-19)37(46)47/h4,7,10,12,15-16,22-24,27,31,39-40,45H,5-6,8-9,11,13-14,17-18H2,1-3H3,(H,36,42)/t22-,23+,24-,27-,31-,33-,34-,35+/m0/s1. The fourth-order valence-corrected chi connectivity index (χ4v) is 9.02. The van der Waals surface area contributed by atoms with Gasteiger partial charge >= 0.3 is 17.6 Å². The highest BCUT2D eigenvalue weighted by Crippen LogP contribution is 2.67. The van der Waals surface area contributed by atoms with E-state index in [-0.39, 0.29) is 48.4 Å². The highest BCUT2D eigenvalue weighted by atomic mass is 16.6. The van der Waals surface area contributed by atoms with Crippen molar-refractivity contribution in [1.29, 1.82) is 0 Å². The van der Waals surface area contributed by atoms with Crippen LogP contribution in [-0.4, -0.2) is 81.1 Å². The van der Waals surface area contributed by atoms with Crippen molar-refractivity contribution in [3.8, 4) is 5.75 Å². The van der Waals surface area contributed by atoms with Gasteiger partial charge in [0, 0.05) is 35.7 Å². The Kier molecular flexibility index (Phi) is 9.86. The summed E-state index contributed by atoms with van der Waals surface area (Å²) in [6, 6.07) is 2.27. The van der Waals surface area contributed by atoms with Gasteiger partial charge in [0.1, 0.15) is 11.6 Å². The third kappa shape index (κ3) is 6.51. The molecule has 3 fully saturated rings. The molecular formula is C35H42N2O12. The maximum Gasteiger partial charge on any atom is 0.328 e. The van der Waals surface area contributed by atoms with E-state index in [0.29, 0.717) is 12.8 Å². The van der Waals surface area contributed by atoms with Gasteiger partial charge in [-0.3, -0.25) is 29.3 Å². The molecule has 0 aliphatic heterocycles. The first kappa shape index (κ1) is 35.9. The van der Waals surface area contributed by atoms with Crippen LogP contribution in [0.4, 0.5) is 5.69 Å². The molecule has 1 aromatic rings. The van der Waals surface area contributed by atoms with Crippen LogP contribution in [0, 0.1) is 38.7 Å². The van der Waals surface area contributed by atoms with Crippen molar-refractivity contribution in [2.24, 2.45) is 28.6 Å². The third-order valence-electron chi connectivity index (χ3n) is 11.5. The molecule has 14 heteroatoms. The van der Waals surface area contributed by atoms with Gasteiger partial charge in [0.25, 0.3) is 0 Å². The fraction of sp³-hybridized carbons (Fsp3) is 0.571. The summed E-state index contributed by atoms with van der Waals surface area (Å²) in [6.45, 7) is 3.13. The molecule has 14 nitrogen and oxygen atoms in total. The molecule has 0 heterocycles. The minimum absolute atomic E-state index is 0.00890. The number of phenolic OH excluding ortho intramolecular Hbond substituents is 1. The Morgan fingerprint density at radius 3 is 2.59 bits per heavy atom. The Labute approximate surface area is 282 Å². The number of fused-ring (bicyclic) bond motifs is 5. The number of phenols is 1. The second-order valence-electron chi connectivity index (χ2n) is 14.1. The zero-order chi connectivity index (χ0) is 35.9. The van der Waals surface area contributed by atoms with Gasteiger partial charge in [0.05, 0.1) is 24.6 Å². The Bertz CT molecular complexity index is 1640. The molecule has 4 aliphatic rings. The number of esters is 2. The van der Waals surface area contributed by atoms with Crippen LogP contribution in [0.5, 0.6) is 5.75 Å². The quantitative estimate of drug-likeness (QED) is 0.150. The van der Waals surface area contributed by atoms with Gasteiger partial charge in [-0.2, -0.15) is 0 Å². The summed E-state index contributed by atoms with van der Waals surface area (Å²) in [5.74, 6) is -3.98. The maximum absolute atomic E-state index is 13.5. The highest BCUT2D eigenvalue weighted by molar-refractivity contribution is 6.01. The number of ketones is 2. The number of nitro groups is 1. The summed E-state index contributed by atoms with van der Waals surface area (Å²) in [4.78, 5) is 73.5. The smallest absolute Gasteiger partial charge is 0.328 e. The fourth-order valence-electron chi connectivity index (χ4n) is 9.02. The molecule has 4 N–H and O–H groups in total. The monoisotopic (exact) mass is 682 g/mol. The number of Topliss-reactive ketones (excluding diaryl/α,β-unsaturated/α-hetero) is 1. The number of hydrogen-bond donors (Lipinski definition) is 4. The molecule has 264 valence electrons. The molecule has 1 amide bonds. The van der Waals surface area contributed by atoms with Crippen molar-refractivity contribution in [1.82, 2.24) is 5.32 Å². The number of nitrogens with zero attached hydrogens (tertiary/aromatic N) is 1. The Morgan fingerprint density at radius 2 is 1.90 bits per heavy atom. The normalized spacial score (nSPS) is 32.1. The van der Waals surface area contributed by atoms with E-state index in [1.165, 1.54) is 6.07 Å². The Balaban J connectivity index is 1.16. The summed E-state index contributed by atoms with van der Waals surface area (Å²) in [7, 11) is 1.10. The number of aromatic hydroxyl groups is 1. The molecule has 8 atom stereocenters. The molecule has 4 aliphatic carbocycles. The van der Waals surface area contributed by atoms with Crippen molar-refractivity contribution < 1.29 is 53.7 Å². The van der Waals surface area contributed by atoms with E-state index in [1.54, 1.807) is 12.2 Å². The number of methoxy groups -OCH3 is 1. The van der Waals surface area contributed by atoms with Crippen molar-refractivity contribution in [2.45, 2.75) is 83.0 Å². The molecule has 49 heavy (non-hydrogen) atoms. The molecule has 0 unspecified atom stereocenters. The second kappa shape index (κ2) is 13.5. The number of allylic oxidation sites excluding steroid dienone is 4. The van der Waals surface area contributed by atoms with Gasteiger partial charge in [0.2, 0.25) is 11.7 Å². The lowest BCUT2D eigenvalue weighted by Gasteiger charge is -2.59. The van der Waals surface area contributed by atoms with E-state index in [9.17, 15) is 49.4 Å². The van der Waals surface area contributed by atoms with Gasteiger partial charge < -0.3 is 30.1 Å². The SMILES string of the molecule is COC(=O)[C@H](Cc1ccc(O)c([N+](=O)[O-])c1)NC(=O)CCC(=O)OCC(=O)[C@]1(O)CC[C@@H]2[C@@H]3CCC4=CC(=O)C=C[C@]4(C)[C@@H]3[C@@H](O)C[C@@]21C. The highest BCUT2D eigenvalue weighted by Gasteiger charge is 2.68. The molecule has 0 bridgehead atoms. The predicted molar refractivity (Wildman–Crippen MR) is 171 cm³/mol. The molecular weight excluding hydrogens is 640 g/mol. The lowest BCUT2D eigenvalue weighted by Crippen LogP contribution is -2.61. The number of amides is 1. The number of carbonyl (C=O) groups is 5. The van der Waals surface area contributed by atoms with Crippen LogP contribution < -0.4 is 5.32 Å². The average Bonchev–Trinajstić information content (AvgIpc) is 3.33. The first-order valence-corrected chi connectivity index (χ1v) is 16.4. The number of ether oxygens (including phenoxy) is 2. The number of carbonyl (C=O) groups excluding carboxylic acids is 5. The van der Waals surface area contributed by atoms with Gasteiger partial charge in [-0.05, 0) is 67.7 Å². The van der Waals surface area contributed by atoms with Crippen LogP contribution in [0.15, 0.2) is 42.0 Å². The molecule has 5 rings (SSSR count). The predicted octanol–water partition coefficient (Wildman–Crippen LogP) is 2.40. The van der Waals surface area contributed by atoms with Crippen LogP contribution in [0.1, 0.15) is 64.4 Å². The van der Waals surface area contributed by atoms with Crippen molar-refractivity contribution in [3.05, 3.63) is 57.7 Å². The lowest BCUT2D eigenvalue weighted by atomic mass is 9.46. The van der Waals surface area contributed by atoms with Crippen LogP contribution in [0.3, 0.4) is 0 Å². The molecule has 0 radical (unpaired) electrons. The zero-order valence-corrected chi connectivity index (χ0v) is 27.7. The third-order valence-corrected chi connectivity index (χ3v) is 11.5. The van der Waals surface area contributed by atoms with E-state index in [4.69, 9.17) is 9.47 Å². The number of hydrogen-bond acceptors (Lipinski definition) is 12. The first-order valence-electron chi connectivity index (χ1n) is 16.4. The summed E-state index contributed by atoms with van der Waals surface area (Å²) in [6.07, 6.45) is 5.48. The topological polar surface area (TPSA) is 220 Å². The van der Waals surface area contributed by atoms with E-state index in [0.717, 1.165) is 31.2 Å². The minimum atomic E-state index is -1.84. The summed E-state index contributed by atoms with van der Waals surface area (Å²) >= 11 is 0. The summed E-state index contributed by atoms with van der Waals surface area (Å²) in [5, 5.41) is 46.6. The van der Waals surface area contributed by atoms with Gasteiger partial charge in [-0.25, -0.2) is 4.79 Å². The van der Waals surface area contributed by atoms with Crippen LogP contribution >= 0.6 is 0 Å². The van der Waals surface area contributed by atoms with Crippen molar-refractivity contribution in [3.63, 3.8) is 0 Å². The second-order valence-corrected chi connectivity index (χ2v) is 14.1. The van der Waals surface area contributed by atoms with E-state index >= 15 is 0 Å². The average molecular weight is 683 g/mol. The zero-order valence-electron chi connectivity index (χ0n) is 27.7. The number of rotatable bonds is 11. The molecule has 0 spiro atoms. The number of nitrogens with one attached hydrogen (secondary N) is 1. The van der Waals surface area contributed by atoms with E-state index in [2.05, 4.69) is 5.32 Å². The van der Waals surface area contributed by atoms with Crippen molar-refractivity contribution in [2.75, 3.05) is 13.7 Å². The van der Waals surface area contributed by atoms with Crippen LogP contribution in [0.25, 0.3) is 0 Å². The summed E-state index contributed by atoms with van der Waals surface area (Å²) < 4.78 is 9.91. The van der Waals surface area contributed by atoms with Crippen molar-refractivity contribution >= 4 is 35.1 Å². The first-order chi connectivity index (χ1) is 23.0. The summed E-state index contributed by atoms with van der Waals surface area (Å²) in [5.41, 5.74) is -2.61. The van der Waals surface area contributed by atoms with Crippen LogP contribution in [-0.2, 0) is 39.9 Å². The van der Waals surface area contributed by atoms with Gasteiger partial charge in [-0.15, -0.1) is 0 Å². The van der Waals surface area contributed by atoms with E-state index < -0.39 is 88.0 Å². The largest absolute Gasteiger partial charge is 0.502 e.